The molecular weight excluding hydrogens is 239 g/mol. The van der Waals surface area contributed by atoms with Crippen LogP contribution in [0, 0.1) is 0 Å². The maximum absolute atomic E-state index is 2.58. The summed E-state index contributed by atoms with van der Waals surface area (Å²) in [5.74, 6) is 0. The van der Waals surface area contributed by atoms with E-state index in [0.717, 1.165) is 0 Å². The maximum atomic E-state index is 2.58. The first-order valence-corrected chi connectivity index (χ1v) is 11.8. The Balaban J connectivity index is 2.83. The summed E-state index contributed by atoms with van der Waals surface area (Å²) in [4.78, 5) is 0. The summed E-state index contributed by atoms with van der Waals surface area (Å²) in [5, 5.41) is 0. The Labute approximate surface area is 74.3 Å². The molecule has 1 aliphatic rings. The monoisotopic (exact) mass is 258 g/mol. The van der Waals surface area contributed by atoms with Gasteiger partial charge in [-0.2, -0.15) is 0 Å². The summed E-state index contributed by atoms with van der Waals surface area (Å²) in [5.41, 5.74) is 0. The molecule has 0 saturated carbocycles. The standard InChI is InChI=1S/C6H8.2C2H5.Sn/c1-3-5-6-4-2;2*1-2;/h1,3,5H,4H2,2H3;2*1H2,2H3;. The molecule has 0 aromatic carbocycles. The van der Waals surface area contributed by atoms with Gasteiger partial charge in [0.05, 0.1) is 0 Å². The van der Waals surface area contributed by atoms with Crippen LogP contribution in [0.2, 0.25) is 8.87 Å². The van der Waals surface area contributed by atoms with Crippen molar-refractivity contribution >= 4 is 18.4 Å². The molecule has 1 aliphatic heterocycles. The van der Waals surface area contributed by atoms with Crippen LogP contribution in [0.5, 0.6) is 0 Å². The zero-order chi connectivity index (χ0) is 8.32. The second-order valence-corrected chi connectivity index (χ2v) is 16.7. The van der Waals surface area contributed by atoms with Gasteiger partial charge in [-0.25, -0.2) is 0 Å². The van der Waals surface area contributed by atoms with Gasteiger partial charge in [-0.3, -0.25) is 0 Å². The van der Waals surface area contributed by atoms with Crippen molar-refractivity contribution in [2.24, 2.45) is 0 Å². The number of hydrogen-bond acceptors (Lipinski definition) is 0. The fourth-order valence-electron chi connectivity index (χ4n) is 2.03. The predicted octanol–water partition coefficient (Wildman–Crippen LogP) is 3.46. The van der Waals surface area contributed by atoms with Crippen LogP contribution in [0.4, 0.5) is 0 Å². The summed E-state index contributed by atoms with van der Waals surface area (Å²) in [7, 11) is 0. The minimum absolute atomic E-state index is 1.30. The van der Waals surface area contributed by atoms with Crippen LogP contribution in [0.3, 0.4) is 0 Å². The van der Waals surface area contributed by atoms with Crippen LogP contribution in [0.15, 0.2) is 19.8 Å². The zero-order valence-electron chi connectivity index (χ0n) is 7.85. The molecule has 1 rings (SSSR count). The van der Waals surface area contributed by atoms with E-state index in [9.17, 15) is 0 Å². The molecule has 1 heterocycles. The van der Waals surface area contributed by atoms with Crippen molar-refractivity contribution in [3.8, 4) is 0 Å². The Kier molecular flexibility index (Phi) is 3.23. The Morgan fingerprint density at radius 3 is 2.18 bits per heavy atom. The van der Waals surface area contributed by atoms with Crippen molar-refractivity contribution in [1.29, 1.82) is 0 Å². The van der Waals surface area contributed by atoms with Crippen molar-refractivity contribution in [1.82, 2.24) is 0 Å². The van der Waals surface area contributed by atoms with E-state index in [1.165, 1.54) is 15.3 Å². The topological polar surface area (TPSA) is 0 Å². The van der Waals surface area contributed by atoms with Crippen LogP contribution >= 0.6 is 0 Å². The van der Waals surface area contributed by atoms with Crippen LogP contribution in [0.25, 0.3) is 0 Å². The molecule has 1 heteroatoms. The fraction of sp³-hybridized carbons (Fsp3) is 0.600. The van der Waals surface area contributed by atoms with Crippen molar-refractivity contribution in [2.45, 2.75) is 36.1 Å². The average molecular weight is 257 g/mol. The first-order chi connectivity index (χ1) is 5.29. The Hall–Kier alpha value is 0.279. The SMILES string of the molecule is CC[C]1=CC=[CH][Sn]1([CH2]C)[CH2]C. The summed E-state index contributed by atoms with van der Waals surface area (Å²) >= 11 is -1.77. The van der Waals surface area contributed by atoms with Crippen LogP contribution in [0.1, 0.15) is 27.2 Å². The Morgan fingerprint density at radius 1 is 1.18 bits per heavy atom. The third kappa shape index (κ3) is 1.56. The Bertz CT molecular complexity index is 185. The molecule has 0 amide bonds. The van der Waals surface area contributed by atoms with E-state index >= 15 is 0 Å². The molecular formula is C10H18Sn. The van der Waals surface area contributed by atoms with E-state index in [4.69, 9.17) is 0 Å². The molecule has 0 fully saturated rings. The van der Waals surface area contributed by atoms with Crippen molar-refractivity contribution < 1.29 is 0 Å². The third-order valence-corrected chi connectivity index (χ3v) is 17.7. The molecule has 0 aromatic rings. The molecule has 62 valence electrons. The minimum atomic E-state index is -1.77. The molecule has 0 radical (unpaired) electrons. The van der Waals surface area contributed by atoms with E-state index in [-0.39, 0.29) is 0 Å². The molecule has 0 unspecified atom stereocenters. The van der Waals surface area contributed by atoms with E-state index in [0.29, 0.717) is 0 Å². The van der Waals surface area contributed by atoms with Gasteiger partial charge in [0.2, 0.25) is 0 Å². The first-order valence-electron chi connectivity index (χ1n) is 4.68. The van der Waals surface area contributed by atoms with Crippen molar-refractivity contribution in [3.05, 3.63) is 19.8 Å². The predicted molar refractivity (Wildman–Crippen MR) is 54.2 cm³/mol. The summed E-state index contributed by atoms with van der Waals surface area (Å²) < 4.78 is 7.32. The van der Waals surface area contributed by atoms with Gasteiger partial charge < -0.3 is 0 Å². The molecule has 0 aliphatic carbocycles. The van der Waals surface area contributed by atoms with Gasteiger partial charge in [0.1, 0.15) is 0 Å². The number of rotatable bonds is 3. The summed E-state index contributed by atoms with van der Waals surface area (Å²) in [6.45, 7) is 7.05. The van der Waals surface area contributed by atoms with Crippen LogP contribution in [-0.2, 0) is 0 Å². The normalized spacial score (nSPS) is 20.5. The quantitative estimate of drug-likeness (QED) is 0.679. The number of hydrogen-bond donors (Lipinski definition) is 0. The molecule has 0 saturated heterocycles. The fourth-order valence-corrected chi connectivity index (χ4v) is 12.6. The van der Waals surface area contributed by atoms with Crippen LogP contribution < -0.4 is 0 Å². The summed E-state index contributed by atoms with van der Waals surface area (Å²) in [6, 6.07) is 0. The van der Waals surface area contributed by atoms with Gasteiger partial charge in [-0.15, -0.1) is 0 Å². The first kappa shape index (κ1) is 9.37. The van der Waals surface area contributed by atoms with E-state index in [1.54, 1.807) is 0 Å². The van der Waals surface area contributed by atoms with E-state index < -0.39 is 18.4 Å². The molecule has 0 atom stereocenters. The molecule has 0 N–H and O–H groups in total. The van der Waals surface area contributed by atoms with Gasteiger partial charge in [-0.1, -0.05) is 0 Å². The molecule has 11 heavy (non-hydrogen) atoms. The van der Waals surface area contributed by atoms with Crippen molar-refractivity contribution in [3.63, 3.8) is 0 Å². The van der Waals surface area contributed by atoms with Gasteiger partial charge in [-0.05, 0) is 0 Å². The van der Waals surface area contributed by atoms with E-state index in [2.05, 4.69) is 37.0 Å². The third-order valence-electron chi connectivity index (χ3n) is 2.99. The van der Waals surface area contributed by atoms with Gasteiger partial charge in [0.25, 0.3) is 0 Å². The molecule has 0 spiro atoms. The summed E-state index contributed by atoms with van der Waals surface area (Å²) in [6.07, 6.45) is 5.98. The molecule has 0 aromatic heterocycles. The molecule has 0 bridgehead atoms. The Morgan fingerprint density at radius 2 is 1.82 bits per heavy atom. The van der Waals surface area contributed by atoms with Gasteiger partial charge in [0, 0.05) is 0 Å². The number of allylic oxidation sites excluding steroid dienone is 3. The zero-order valence-corrected chi connectivity index (χ0v) is 10.7. The van der Waals surface area contributed by atoms with Crippen molar-refractivity contribution in [2.75, 3.05) is 0 Å². The van der Waals surface area contributed by atoms with Gasteiger partial charge in [0.15, 0.2) is 0 Å². The molecule has 0 nitrogen and oxygen atoms in total. The average Bonchev–Trinajstić information content (AvgIpc) is 2.47. The second kappa shape index (κ2) is 3.79. The van der Waals surface area contributed by atoms with Crippen LogP contribution in [-0.4, -0.2) is 18.4 Å². The second-order valence-electron chi connectivity index (χ2n) is 3.27. The van der Waals surface area contributed by atoms with Gasteiger partial charge >= 0.3 is 74.3 Å². The van der Waals surface area contributed by atoms with E-state index in [1.807, 2.05) is 3.59 Å².